The normalized spacial score (nSPS) is 12.6. The van der Waals surface area contributed by atoms with E-state index in [0.29, 0.717) is 0 Å². The van der Waals surface area contributed by atoms with Crippen LogP contribution in [0.1, 0.15) is 36.5 Å². The summed E-state index contributed by atoms with van der Waals surface area (Å²) in [5.41, 5.74) is 1.25. The molecule has 1 aromatic heterocycles. The first kappa shape index (κ1) is 15.1. The molecule has 0 saturated carbocycles. The van der Waals surface area contributed by atoms with Gasteiger partial charge in [0.15, 0.2) is 0 Å². The largest absolute Gasteiger partial charge is 0.464 e. The summed E-state index contributed by atoms with van der Waals surface area (Å²) in [7, 11) is 0. The highest BCUT2D eigenvalue weighted by molar-refractivity contribution is 14.1. The summed E-state index contributed by atoms with van der Waals surface area (Å²) in [5, 5.41) is 3.56. The summed E-state index contributed by atoms with van der Waals surface area (Å²) >= 11 is 5.92. The first-order valence-electron chi connectivity index (χ1n) is 6.36. The number of hydrogen-bond donors (Lipinski definition) is 1. The van der Waals surface area contributed by atoms with Gasteiger partial charge in [-0.15, -0.1) is 0 Å². The molecule has 0 radical (unpaired) electrons. The maximum atomic E-state index is 5.81. The first-order valence-corrected chi connectivity index (χ1v) is 8.23. The number of halogens is 2. The molecule has 0 aliphatic rings. The van der Waals surface area contributed by atoms with Crippen LogP contribution < -0.4 is 5.32 Å². The lowest BCUT2D eigenvalue weighted by atomic mass is 10.0. The summed E-state index contributed by atoms with van der Waals surface area (Å²) in [6.45, 7) is 5.11. The number of furan rings is 1. The van der Waals surface area contributed by atoms with Crippen molar-refractivity contribution in [1.82, 2.24) is 5.32 Å². The minimum atomic E-state index is 0.109. The fourth-order valence-electron chi connectivity index (χ4n) is 2.00. The van der Waals surface area contributed by atoms with E-state index in [1.54, 1.807) is 0 Å². The van der Waals surface area contributed by atoms with Gasteiger partial charge < -0.3 is 9.73 Å². The zero-order chi connectivity index (χ0) is 13.8. The highest BCUT2D eigenvalue weighted by Gasteiger charge is 2.19. The minimum absolute atomic E-state index is 0.109. The second-order valence-electron chi connectivity index (χ2n) is 4.50. The number of aryl methyl sites for hydroxylation is 1. The van der Waals surface area contributed by atoms with Crippen LogP contribution in [0.4, 0.5) is 0 Å². The molecule has 2 aromatic rings. The maximum Gasteiger partial charge on any atom is 0.125 e. The highest BCUT2D eigenvalue weighted by atomic mass is 127. The van der Waals surface area contributed by atoms with Crippen molar-refractivity contribution in [2.24, 2.45) is 0 Å². The van der Waals surface area contributed by atoms with Crippen LogP contribution in [0, 0.1) is 10.5 Å². The van der Waals surface area contributed by atoms with E-state index in [0.717, 1.165) is 29.0 Å². The molecule has 1 aromatic carbocycles. The molecule has 0 spiro atoms. The Morgan fingerprint density at radius 2 is 2.11 bits per heavy atom. The van der Waals surface area contributed by atoms with Crippen LogP contribution in [0.5, 0.6) is 0 Å². The van der Waals surface area contributed by atoms with Gasteiger partial charge in [0.2, 0.25) is 0 Å². The zero-order valence-electron chi connectivity index (χ0n) is 11.0. The van der Waals surface area contributed by atoms with Crippen LogP contribution in [0.15, 0.2) is 39.2 Å². The van der Waals surface area contributed by atoms with Gasteiger partial charge >= 0.3 is 0 Å². The Labute approximate surface area is 136 Å². The third-order valence-corrected chi connectivity index (χ3v) is 4.39. The summed E-state index contributed by atoms with van der Waals surface area (Å²) in [4.78, 5) is 0. The lowest BCUT2D eigenvalue weighted by Crippen LogP contribution is -2.23. The van der Waals surface area contributed by atoms with E-state index in [-0.39, 0.29) is 6.04 Å². The lowest BCUT2D eigenvalue weighted by Gasteiger charge is -2.18. The fraction of sp³-hybridized carbons (Fsp3) is 0.333. The third kappa shape index (κ3) is 3.83. The molecule has 2 rings (SSSR count). The Morgan fingerprint density at radius 1 is 1.32 bits per heavy atom. The van der Waals surface area contributed by atoms with E-state index in [4.69, 9.17) is 4.42 Å². The van der Waals surface area contributed by atoms with Crippen molar-refractivity contribution < 1.29 is 4.42 Å². The smallest absolute Gasteiger partial charge is 0.125 e. The standard InChI is InChI=1S/C15H17BrINO/c1-3-8-18-15(14-7-4-10(2)19-14)12-9-11(16)5-6-13(12)17/h4-7,9,15,18H,3,8H2,1-2H3. The average Bonchev–Trinajstić information content (AvgIpc) is 2.80. The number of nitrogens with one attached hydrogen (secondary N) is 1. The minimum Gasteiger partial charge on any atom is -0.464 e. The van der Waals surface area contributed by atoms with Crippen LogP contribution in [0.3, 0.4) is 0 Å². The fourth-order valence-corrected chi connectivity index (χ4v) is 3.02. The Bertz CT molecular complexity index is 553. The van der Waals surface area contributed by atoms with E-state index in [2.05, 4.69) is 75.0 Å². The van der Waals surface area contributed by atoms with Gasteiger partial charge in [-0.3, -0.25) is 0 Å². The molecule has 1 unspecified atom stereocenters. The summed E-state index contributed by atoms with van der Waals surface area (Å²) in [6, 6.07) is 10.5. The number of benzene rings is 1. The molecule has 0 fully saturated rings. The molecular formula is C15H17BrINO. The predicted molar refractivity (Wildman–Crippen MR) is 90.4 cm³/mol. The van der Waals surface area contributed by atoms with Crippen molar-refractivity contribution >= 4 is 38.5 Å². The molecule has 4 heteroatoms. The quantitative estimate of drug-likeness (QED) is 0.668. The third-order valence-electron chi connectivity index (χ3n) is 2.91. The zero-order valence-corrected chi connectivity index (χ0v) is 14.8. The summed E-state index contributed by atoms with van der Waals surface area (Å²) < 4.78 is 8.14. The molecule has 0 amide bonds. The SMILES string of the molecule is CCCNC(c1ccc(C)o1)c1cc(Br)ccc1I. The molecule has 1 atom stereocenters. The Morgan fingerprint density at radius 3 is 2.74 bits per heavy atom. The van der Waals surface area contributed by atoms with Crippen molar-refractivity contribution in [3.05, 3.63) is 55.5 Å². The highest BCUT2D eigenvalue weighted by Crippen LogP contribution is 2.29. The number of rotatable bonds is 5. The topological polar surface area (TPSA) is 25.2 Å². The van der Waals surface area contributed by atoms with Crippen molar-refractivity contribution in [3.63, 3.8) is 0 Å². The molecule has 19 heavy (non-hydrogen) atoms. The van der Waals surface area contributed by atoms with Crippen molar-refractivity contribution in [3.8, 4) is 0 Å². The van der Waals surface area contributed by atoms with Gasteiger partial charge in [0, 0.05) is 8.04 Å². The molecule has 0 aliphatic heterocycles. The van der Waals surface area contributed by atoms with Gasteiger partial charge in [0.1, 0.15) is 11.5 Å². The van der Waals surface area contributed by atoms with Gasteiger partial charge in [-0.1, -0.05) is 22.9 Å². The van der Waals surface area contributed by atoms with Gasteiger partial charge in [-0.2, -0.15) is 0 Å². The van der Waals surface area contributed by atoms with E-state index in [9.17, 15) is 0 Å². The van der Waals surface area contributed by atoms with Crippen LogP contribution in [0.2, 0.25) is 0 Å². The monoisotopic (exact) mass is 433 g/mol. The van der Waals surface area contributed by atoms with E-state index in [1.165, 1.54) is 9.13 Å². The molecule has 102 valence electrons. The second-order valence-corrected chi connectivity index (χ2v) is 6.58. The second kappa shape index (κ2) is 6.90. The molecule has 2 nitrogen and oxygen atoms in total. The predicted octanol–water partition coefficient (Wildman–Crippen LogP) is 5.04. The maximum absolute atomic E-state index is 5.81. The van der Waals surface area contributed by atoms with Crippen LogP contribution in [0.25, 0.3) is 0 Å². The molecule has 0 aliphatic carbocycles. The van der Waals surface area contributed by atoms with E-state index >= 15 is 0 Å². The van der Waals surface area contributed by atoms with Gasteiger partial charge in [-0.25, -0.2) is 0 Å². The van der Waals surface area contributed by atoms with Crippen LogP contribution in [-0.2, 0) is 0 Å². The molecule has 1 heterocycles. The molecular weight excluding hydrogens is 417 g/mol. The Balaban J connectivity index is 2.39. The van der Waals surface area contributed by atoms with Gasteiger partial charge in [0.05, 0.1) is 6.04 Å². The van der Waals surface area contributed by atoms with Crippen molar-refractivity contribution in [2.75, 3.05) is 6.54 Å². The Kier molecular flexibility index (Phi) is 5.47. The summed E-state index contributed by atoms with van der Waals surface area (Å²) in [5.74, 6) is 1.92. The van der Waals surface area contributed by atoms with Crippen LogP contribution >= 0.6 is 38.5 Å². The van der Waals surface area contributed by atoms with E-state index < -0.39 is 0 Å². The summed E-state index contributed by atoms with van der Waals surface area (Å²) in [6.07, 6.45) is 1.10. The van der Waals surface area contributed by atoms with Crippen molar-refractivity contribution in [1.29, 1.82) is 0 Å². The van der Waals surface area contributed by atoms with Crippen LogP contribution in [-0.4, -0.2) is 6.54 Å². The van der Waals surface area contributed by atoms with Crippen molar-refractivity contribution in [2.45, 2.75) is 26.3 Å². The first-order chi connectivity index (χ1) is 9.11. The molecule has 0 bridgehead atoms. The Hall–Kier alpha value is -0.330. The van der Waals surface area contributed by atoms with Gasteiger partial charge in [-0.05, 0) is 78.4 Å². The van der Waals surface area contributed by atoms with E-state index in [1.807, 2.05) is 13.0 Å². The van der Waals surface area contributed by atoms with Gasteiger partial charge in [0.25, 0.3) is 0 Å². The molecule has 1 N–H and O–H groups in total. The molecule has 0 saturated heterocycles. The average molecular weight is 434 g/mol. The lowest BCUT2D eigenvalue weighted by molar-refractivity contribution is 0.430. The number of hydrogen-bond acceptors (Lipinski definition) is 2.